The van der Waals surface area contributed by atoms with Gasteiger partial charge in [0.1, 0.15) is 15.9 Å². The fourth-order valence-corrected chi connectivity index (χ4v) is 6.98. The molecule has 0 amide bonds. The third kappa shape index (κ3) is 6.39. The van der Waals surface area contributed by atoms with E-state index in [9.17, 15) is 22.6 Å². The quantitative estimate of drug-likeness (QED) is 0.251. The first-order valence-corrected chi connectivity index (χ1v) is 14.9. The van der Waals surface area contributed by atoms with Gasteiger partial charge in [0.05, 0.1) is 28.3 Å². The first kappa shape index (κ1) is 31.3. The molecule has 1 fully saturated rings. The average Bonchev–Trinajstić information content (AvgIpc) is 2.87. The second-order valence-electron chi connectivity index (χ2n) is 11.5. The van der Waals surface area contributed by atoms with Crippen molar-refractivity contribution in [1.29, 1.82) is 0 Å². The second kappa shape index (κ2) is 11.9. The zero-order valence-electron chi connectivity index (χ0n) is 24.0. The Kier molecular flexibility index (Phi) is 9.07. The average molecular weight is 585 g/mol. The van der Waals surface area contributed by atoms with Gasteiger partial charge in [0.2, 0.25) is 0 Å². The Balaban J connectivity index is 0.00000387. The molecule has 3 aromatic rings. The summed E-state index contributed by atoms with van der Waals surface area (Å²) in [4.78, 5) is 27.2. The molecule has 2 N–H and O–H groups in total. The van der Waals surface area contributed by atoms with Crippen molar-refractivity contribution in [2.75, 3.05) is 17.2 Å². The summed E-state index contributed by atoms with van der Waals surface area (Å²) in [5.74, 6) is -0.0954. The molecule has 0 aliphatic heterocycles. The largest absolute Gasteiger partial charge is 1.00 e. The summed E-state index contributed by atoms with van der Waals surface area (Å²) in [5, 5.41) is 6.67. The zero-order valence-corrected chi connectivity index (χ0v) is 26.9. The number of carbonyl (C=O) groups is 2. The van der Waals surface area contributed by atoms with E-state index in [4.69, 9.17) is 4.74 Å². The van der Waals surface area contributed by atoms with Gasteiger partial charge in [-0.25, -0.2) is 8.42 Å². The molecule has 0 spiro atoms. The molecule has 2 atom stereocenters. The third-order valence-electron chi connectivity index (χ3n) is 7.61. The van der Waals surface area contributed by atoms with E-state index < -0.39 is 15.0 Å². The van der Waals surface area contributed by atoms with E-state index in [1.807, 2.05) is 0 Å². The molecule has 0 bridgehead atoms. The Morgan fingerprint density at radius 2 is 1.56 bits per heavy atom. The van der Waals surface area contributed by atoms with E-state index >= 15 is 0 Å². The molecule has 5 rings (SSSR count). The van der Waals surface area contributed by atoms with E-state index in [0.29, 0.717) is 28.4 Å². The minimum absolute atomic E-state index is 0. The summed E-state index contributed by atoms with van der Waals surface area (Å²) in [7, 11) is -4.83. The van der Waals surface area contributed by atoms with Gasteiger partial charge in [-0.1, -0.05) is 45.0 Å². The molecule has 41 heavy (non-hydrogen) atoms. The van der Waals surface area contributed by atoms with Crippen LogP contribution in [0.2, 0.25) is 0 Å². The molecular weight excluding hydrogens is 551 g/mol. The Morgan fingerprint density at radius 1 is 0.951 bits per heavy atom. The van der Waals surface area contributed by atoms with E-state index in [0.717, 1.165) is 19.3 Å². The van der Waals surface area contributed by atoms with Gasteiger partial charge in [-0.15, -0.1) is 0 Å². The maximum Gasteiger partial charge on any atom is 1.00 e. The number of ether oxygens (including phenoxy) is 1. The van der Waals surface area contributed by atoms with E-state index in [1.54, 1.807) is 49.4 Å². The summed E-state index contributed by atoms with van der Waals surface area (Å²) in [6.45, 7) is 8.60. The minimum Gasteiger partial charge on any atom is -0.744 e. The molecule has 0 aromatic heterocycles. The summed E-state index contributed by atoms with van der Waals surface area (Å²) in [6.07, 6.45) is 3.01. The van der Waals surface area contributed by atoms with Crippen molar-refractivity contribution in [3.05, 3.63) is 76.9 Å². The van der Waals surface area contributed by atoms with Crippen LogP contribution in [0.15, 0.2) is 59.5 Å². The van der Waals surface area contributed by atoms with Crippen molar-refractivity contribution in [2.24, 2.45) is 11.3 Å². The van der Waals surface area contributed by atoms with Gasteiger partial charge in [0, 0.05) is 28.5 Å². The number of carbonyl (C=O) groups excluding carboxylic acids is 2. The van der Waals surface area contributed by atoms with Crippen LogP contribution in [0.5, 0.6) is 5.75 Å². The van der Waals surface area contributed by atoms with Crippen LogP contribution in [-0.4, -0.2) is 37.2 Å². The van der Waals surface area contributed by atoms with Crippen molar-refractivity contribution >= 4 is 38.7 Å². The summed E-state index contributed by atoms with van der Waals surface area (Å²) in [5.41, 5.74) is 2.49. The molecule has 2 aliphatic rings. The van der Waals surface area contributed by atoms with Gasteiger partial charge in [0.25, 0.3) is 0 Å². The molecule has 1 saturated carbocycles. The zero-order chi connectivity index (χ0) is 28.8. The fraction of sp³-hybridized carbons (Fsp3) is 0.355. The predicted octanol–water partition coefficient (Wildman–Crippen LogP) is 3.14. The number of hydrogen-bond donors (Lipinski definition) is 2. The minimum atomic E-state index is -4.83. The summed E-state index contributed by atoms with van der Waals surface area (Å²) < 4.78 is 41.1. The van der Waals surface area contributed by atoms with Crippen molar-refractivity contribution in [1.82, 2.24) is 0 Å². The van der Waals surface area contributed by atoms with Crippen LogP contribution in [-0.2, 0) is 10.1 Å². The number of fused-ring (bicyclic) bond motifs is 2. The van der Waals surface area contributed by atoms with Crippen molar-refractivity contribution in [3.63, 3.8) is 0 Å². The van der Waals surface area contributed by atoms with Crippen LogP contribution >= 0.6 is 0 Å². The van der Waals surface area contributed by atoms with Gasteiger partial charge < -0.3 is 19.9 Å². The molecule has 8 nitrogen and oxygen atoms in total. The van der Waals surface area contributed by atoms with Crippen LogP contribution in [0.4, 0.5) is 17.1 Å². The van der Waals surface area contributed by atoms with Crippen LogP contribution in [0.25, 0.3) is 0 Å². The molecule has 2 unspecified atom stereocenters. The van der Waals surface area contributed by atoms with Gasteiger partial charge >= 0.3 is 29.6 Å². The van der Waals surface area contributed by atoms with E-state index in [1.165, 1.54) is 12.1 Å². The first-order chi connectivity index (χ1) is 18.9. The van der Waals surface area contributed by atoms with Crippen molar-refractivity contribution in [2.45, 2.75) is 57.9 Å². The maximum absolute atomic E-state index is 13.9. The van der Waals surface area contributed by atoms with Gasteiger partial charge in [-0.2, -0.15) is 0 Å². The molecular formula is C31H33N2NaO6S. The summed E-state index contributed by atoms with van der Waals surface area (Å²) in [6, 6.07) is 14.5. The van der Waals surface area contributed by atoms with Crippen LogP contribution in [0, 0.1) is 11.3 Å². The van der Waals surface area contributed by atoms with Gasteiger partial charge in [-0.3, -0.25) is 9.59 Å². The number of rotatable bonds is 7. The molecule has 0 radical (unpaired) electrons. The third-order valence-corrected chi connectivity index (χ3v) is 8.47. The summed E-state index contributed by atoms with van der Waals surface area (Å²) >= 11 is 0. The van der Waals surface area contributed by atoms with Crippen molar-refractivity contribution in [3.8, 4) is 5.75 Å². The predicted molar refractivity (Wildman–Crippen MR) is 153 cm³/mol. The Labute approximate surface area is 263 Å². The van der Waals surface area contributed by atoms with Crippen LogP contribution < -0.4 is 44.9 Å². The Morgan fingerprint density at radius 3 is 2.15 bits per heavy atom. The number of nitrogens with one attached hydrogen (secondary N) is 2. The van der Waals surface area contributed by atoms with E-state index in [2.05, 4.69) is 31.4 Å². The normalized spacial score (nSPS) is 19.4. The van der Waals surface area contributed by atoms with Gasteiger partial charge in [0.15, 0.2) is 11.6 Å². The van der Waals surface area contributed by atoms with Gasteiger partial charge in [-0.05, 0) is 67.9 Å². The number of benzene rings is 3. The Bertz CT molecular complexity index is 1620. The SMILES string of the molecule is CCOc1ccc(Nc2ccc(NC3CC(C)CC(C)(C)C3)c3c2C(=O)c2ccccc2C3=O)cc1S(=O)(=O)[O-].[Na+]. The molecule has 2 aliphatic carbocycles. The van der Waals surface area contributed by atoms with E-state index in [-0.39, 0.29) is 81.8 Å². The number of anilines is 3. The standard InChI is InChI=1S/C31H34N2O6S.Na/c1-5-39-25-13-10-19(15-26(25)40(36,37)38)32-23-11-12-24(33-20-14-18(2)16-31(3,4)17-20)28-27(23)29(34)21-8-6-7-9-22(21)30(28)35;/h6-13,15,18,20,32-33H,5,14,16-17H2,1-4H3,(H,36,37,38);/q;+1/p-1. The monoisotopic (exact) mass is 584 g/mol. The molecule has 0 saturated heterocycles. The Hall–Kier alpha value is -2.69. The van der Waals surface area contributed by atoms with Crippen molar-refractivity contribution < 1.29 is 56.9 Å². The van der Waals surface area contributed by atoms with Crippen LogP contribution in [0.1, 0.15) is 78.8 Å². The fourth-order valence-electron chi connectivity index (χ4n) is 6.33. The second-order valence-corrected chi connectivity index (χ2v) is 12.9. The molecule has 0 heterocycles. The molecule has 210 valence electrons. The molecule has 10 heteroatoms. The topological polar surface area (TPSA) is 125 Å². The molecule has 3 aromatic carbocycles. The first-order valence-electron chi connectivity index (χ1n) is 13.5. The number of hydrogen-bond acceptors (Lipinski definition) is 8. The number of ketones is 2. The maximum atomic E-state index is 13.9. The smallest absolute Gasteiger partial charge is 0.744 e. The van der Waals surface area contributed by atoms with Crippen LogP contribution in [0.3, 0.4) is 0 Å².